The van der Waals surface area contributed by atoms with Gasteiger partial charge in [-0.3, -0.25) is 0 Å². The van der Waals surface area contributed by atoms with Crippen LogP contribution in [-0.4, -0.2) is 29.7 Å². The van der Waals surface area contributed by atoms with Crippen LogP contribution in [0.5, 0.6) is 0 Å². The molecule has 2 aromatic rings. The number of imidazole rings is 1. The minimum atomic E-state index is -0.729. The highest BCUT2D eigenvalue weighted by molar-refractivity contribution is 5.15. The lowest BCUT2D eigenvalue weighted by Crippen LogP contribution is -2.11. The zero-order chi connectivity index (χ0) is 10.8. The molecule has 6 heteroatoms. The van der Waals surface area contributed by atoms with Crippen molar-refractivity contribution >= 4 is 0 Å². The summed E-state index contributed by atoms with van der Waals surface area (Å²) in [6.07, 6.45) is 4.17. The molecule has 1 unspecified atom stereocenters. The van der Waals surface area contributed by atoms with Crippen molar-refractivity contribution in [2.75, 3.05) is 0 Å². The van der Waals surface area contributed by atoms with E-state index in [9.17, 15) is 5.11 Å². The van der Waals surface area contributed by atoms with Gasteiger partial charge in [-0.15, -0.1) is 5.10 Å². The Morgan fingerprint density at radius 2 is 2.20 bits per heavy atom. The molecule has 0 radical (unpaired) electrons. The van der Waals surface area contributed by atoms with Crippen molar-refractivity contribution in [1.82, 2.24) is 24.5 Å². The SMILES string of the molecule is CCn1cncc1C(O)c1cnnn1C. The average Bonchev–Trinajstić information content (AvgIpc) is 2.84. The summed E-state index contributed by atoms with van der Waals surface area (Å²) < 4.78 is 3.44. The molecule has 0 aromatic carbocycles. The highest BCUT2D eigenvalue weighted by Gasteiger charge is 2.18. The van der Waals surface area contributed by atoms with Crippen molar-refractivity contribution < 1.29 is 5.11 Å². The standard InChI is InChI=1S/C9H13N5O/c1-3-14-6-10-4-8(14)9(15)7-5-11-12-13(7)2/h4-6,9,15H,3H2,1-2H3. The van der Waals surface area contributed by atoms with Crippen molar-refractivity contribution in [3.63, 3.8) is 0 Å². The minimum absolute atomic E-state index is 0.658. The molecule has 0 aliphatic heterocycles. The van der Waals surface area contributed by atoms with Crippen molar-refractivity contribution in [3.05, 3.63) is 30.1 Å². The first kappa shape index (κ1) is 9.85. The number of aliphatic hydroxyl groups is 1. The fraction of sp³-hybridized carbons (Fsp3) is 0.444. The van der Waals surface area contributed by atoms with E-state index in [0.29, 0.717) is 5.69 Å². The van der Waals surface area contributed by atoms with Gasteiger partial charge < -0.3 is 9.67 Å². The molecule has 0 bridgehead atoms. The van der Waals surface area contributed by atoms with Gasteiger partial charge >= 0.3 is 0 Å². The Kier molecular flexibility index (Phi) is 2.51. The van der Waals surface area contributed by atoms with Gasteiger partial charge in [0.1, 0.15) is 6.10 Å². The number of aromatic nitrogens is 5. The predicted octanol–water partition coefficient (Wildman–Crippen LogP) is 0.113. The van der Waals surface area contributed by atoms with Crippen molar-refractivity contribution in [3.8, 4) is 0 Å². The molecular weight excluding hydrogens is 194 g/mol. The lowest BCUT2D eigenvalue weighted by atomic mass is 10.2. The maximum absolute atomic E-state index is 10.1. The van der Waals surface area contributed by atoms with Gasteiger partial charge in [-0.25, -0.2) is 9.67 Å². The molecule has 1 N–H and O–H groups in total. The van der Waals surface area contributed by atoms with E-state index < -0.39 is 6.10 Å². The highest BCUT2D eigenvalue weighted by atomic mass is 16.3. The summed E-state index contributed by atoms with van der Waals surface area (Å²) in [6.45, 7) is 2.77. The Morgan fingerprint density at radius 1 is 1.40 bits per heavy atom. The molecule has 2 aromatic heterocycles. The summed E-state index contributed by atoms with van der Waals surface area (Å²) in [5, 5.41) is 17.6. The Bertz CT molecular complexity index is 447. The average molecular weight is 207 g/mol. The molecule has 0 spiro atoms. The number of aryl methyl sites for hydroxylation is 2. The van der Waals surface area contributed by atoms with Crippen molar-refractivity contribution in [1.29, 1.82) is 0 Å². The van der Waals surface area contributed by atoms with Gasteiger partial charge in [-0.05, 0) is 6.92 Å². The maximum atomic E-state index is 10.1. The quantitative estimate of drug-likeness (QED) is 0.775. The van der Waals surface area contributed by atoms with Gasteiger partial charge in [0.15, 0.2) is 0 Å². The second-order valence-corrected chi connectivity index (χ2v) is 3.29. The molecule has 0 saturated heterocycles. The molecule has 6 nitrogen and oxygen atoms in total. The first-order valence-corrected chi connectivity index (χ1v) is 4.76. The van der Waals surface area contributed by atoms with Gasteiger partial charge in [-0.1, -0.05) is 5.21 Å². The van der Waals surface area contributed by atoms with Gasteiger partial charge in [0.05, 0.1) is 30.1 Å². The summed E-state index contributed by atoms with van der Waals surface area (Å²) in [6, 6.07) is 0. The van der Waals surface area contributed by atoms with E-state index in [1.165, 1.54) is 0 Å². The molecule has 0 aliphatic carbocycles. The number of aliphatic hydroxyl groups excluding tert-OH is 1. The van der Waals surface area contributed by atoms with E-state index >= 15 is 0 Å². The minimum Gasteiger partial charge on any atom is -0.380 e. The van der Waals surface area contributed by atoms with Crippen LogP contribution < -0.4 is 0 Å². The third-order valence-electron chi connectivity index (χ3n) is 2.39. The molecule has 2 rings (SSSR count). The lowest BCUT2D eigenvalue weighted by Gasteiger charge is -2.11. The highest BCUT2D eigenvalue weighted by Crippen LogP contribution is 2.19. The zero-order valence-electron chi connectivity index (χ0n) is 8.70. The summed E-state index contributed by atoms with van der Waals surface area (Å²) in [5.74, 6) is 0. The lowest BCUT2D eigenvalue weighted by molar-refractivity contribution is 0.200. The number of rotatable bonds is 3. The van der Waals surface area contributed by atoms with Gasteiger partial charge in [0.25, 0.3) is 0 Å². The third kappa shape index (κ3) is 1.63. The van der Waals surface area contributed by atoms with Crippen LogP contribution in [0.15, 0.2) is 18.7 Å². The fourth-order valence-electron chi connectivity index (χ4n) is 1.52. The van der Waals surface area contributed by atoms with Crippen molar-refractivity contribution in [2.45, 2.75) is 19.6 Å². The molecule has 15 heavy (non-hydrogen) atoms. The van der Waals surface area contributed by atoms with Crippen LogP contribution in [-0.2, 0) is 13.6 Å². The molecule has 2 heterocycles. The Balaban J connectivity index is 2.36. The summed E-state index contributed by atoms with van der Waals surface area (Å²) >= 11 is 0. The van der Waals surface area contributed by atoms with E-state index in [4.69, 9.17) is 0 Å². The van der Waals surface area contributed by atoms with Crippen LogP contribution in [0.4, 0.5) is 0 Å². The van der Waals surface area contributed by atoms with E-state index in [-0.39, 0.29) is 0 Å². The van der Waals surface area contributed by atoms with Gasteiger partial charge in [-0.2, -0.15) is 0 Å². The van der Waals surface area contributed by atoms with Gasteiger partial charge in [0.2, 0.25) is 0 Å². The number of nitrogens with zero attached hydrogens (tertiary/aromatic N) is 5. The van der Waals surface area contributed by atoms with Crippen LogP contribution in [0.1, 0.15) is 24.4 Å². The third-order valence-corrected chi connectivity index (χ3v) is 2.39. The van der Waals surface area contributed by atoms with Crippen LogP contribution in [0.25, 0.3) is 0 Å². The van der Waals surface area contributed by atoms with Gasteiger partial charge in [0, 0.05) is 13.6 Å². The molecule has 80 valence electrons. The predicted molar refractivity (Wildman–Crippen MR) is 53.0 cm³/mol. The Morgan fingerprint density at radius 3 is 2.80 bits per heavy atom. The van der Waals surface area contributed by atoms with E-state index in [1.54, 1.807) is 30.5 Å². The normalized spacial score (nSPS) is 13.0. The monoisotopic (exact) mass is 207 g/mol. The van der Waals surface area contributed by atoms with Crippen LogP contribution in [0.2, 0.25) is 0 Å². The van der Waals surface area contributed by atoms with Crippen LogP contribution in [0.3, 0.4) is 0 Å². The summed E-state index contributed by atoms with van der Waals surface area (Å²) in [5.41, 5.74) is 1.41. The number of hydrogen-bond donors (Lipinski definition) is 1. The van der Waals surface area contributed by atoms with Crippen molar-refractivity contribution in [2.24, 2.45) is 7.05 Å². The smallest absolute Gasteiger partial charge is 0.139 e. The molecule has 0 saturated carbocycles. The fourth-order valence-corrected chi connectivity index (χ4v) is 1.52. The summed E-state index contributed by atoms with van der Waals surface area (Å²) in [7, 11) is 1.75. The Hall–Kier alpha value is -1.69. The number of hydrogen-bond acceptors (Lipinski definition) is 4. The maximum Gasteiger partial charge on any atom is 0.139 e. The van der Waals surface area contributed by atoms with Crippen LogP contribution in [0, 0.1) is 0 Å². The molecular formula is C9H13N5O. The van der Waals surface area contributed by atoms with Crippen LogP contribution >= 0.6 is 0 Å². The largest absolute Gasteiger partial charge is 0.380 e. The zero-order valence-corrected chi connectivity index (χ0v) is 8.70. The first-order valence-electron chi connectivity index (χ1n) is 4.76. The second-order valence-electron chi connectivity index (χ2n) is 3.29. The summed E-state index contributed by atoms with van der Waals surface area (Å²) in [4.78, 5) is 4.01. The van der Waals surface area contributed by atoms with E-state index in [1.807, 2.05) is 11.5 Å². The van der Waals surface area contributed by atoms with E-state index in [0.717, 1.165) is 12.2 Å². The molecule has 1 atom stereocenters. The van der Waals surface area contributed by atoms with E-state index in [2.05, 4.69) is 15.3 Å². The molecule has 0 amide bonds. The first-order chi connectivity index (χ1) is 7.24. The molecule has 0 fully saturated rings. The molecule has 0 aliphatic rings. The Labute approximate surface area is 87.2 Å². The topological polar surface area (TPSA) is 68.8 Å². The second kappa shape index (κ2) is 3.82.